The van der Waals surface area contributed by atoms with Gasteiger partial charge in [-0.25, -0.2) is 4.98 Å². The number of amides is 1. The van der Waals surface area contributed by atoms with Crippen LogP contribution < -0.4 is 5.32 Å². The molecule has 1 amide bonds. The third-order valence-electron chi connectivity index (χ3n) is 2.57. The van der Waals surface area contributed by atoms with E-state index in [4.69, 9.17) is 11.6 Å². The molecule has 20 heavy (non-hydrogen) atoms. The first-order valence-electron chi connectivity index (χ1n) is 5.63. The second kappa shape index (κ2) is 5.98. The number of halogens is 1. The van der Waals surface area contributed by atoms with Crippen LogP contribution in [-0.4, -0.2) is 15.8 Å². The van der Waals surface area contributed by atoms with Gasteiger partial charge >= 0.3 is 0 Å². The molecule has 0 fully saturated rings. The molecule has 104 valence electrons. The Balaban J connectivity index is 2.17. The third kappa shape index (κ3) is 3.12. The van der Waals surface area contributed by atoms with E-state index in [1.807, 2.05) is 5.38 Å². The molecule has 0 bridgehead atoms. The highest BCUT2D eigenvalue weighted by Crippen LogP contribution is 2.25. The van der Waals surface area contributed by atoms with E-state index < -0.39 is 10.8 Å². The molecular formula is C12H10ClN3O3S. The molecule has 0 aliphatic rings. The van der Waals surface area contributed by atoms with Gasteiger partial charge < -0.3 is 5.32 Å². The van der Waals surface area contributed by atoms with Crippen molar-refractivity contribution in [1.82, 2.24) is 10.3 Å². The van der Waals surface area contributed by atoms with E-state index in [0.29, 0.717) is 0 Å². The number of benzene rings is 1. The van der Waals surface area contributed by atoms with Gasteiger partial charge in [0.25, 0.3) is 11.6 Å². The van der Waals surface area contributed by atoms with Crippen molar-refractivity contribution in [2.75, 3.05) is 0 Å². The average Bonchev–Trinajstić information content (AvgIpc) is 2.92. The van der Waals surface area contributed by atoms with Crippen LogP contribution in [0.2, 0.25) is 5.02 Å². The lowest BCUT2D eigenvalue weighted by Gasteiger charge is -2.11. The Morgan fingerprint density at radius 1 is 1.55 bits per heavy atom. The molecule has 0 saturated carbocycles. The molecule has 0 saturated heterocycles. The van der Waals surface area contributed by atoms with Crippen LogP contribution in [0.3, 0.4) is 0 Å². The zero-order valence-corrected chi connectivity index (χ0v) is 11.9. The molecule has 0 aliphatic heterocycles. The number of carbonyl (C=O) groups excluding carboxylic acids is 1. The Hall–Kier alpha value is -1.99. The predicted molar refractivity (Wildman–Crippen MR) is 76.1 cm³/mol. The van der Waals surface area contributed by atoms with Crippen LogP contribution in [0, 0.1) is 10.1 Å². The van der Waals surface area contributed by atoms with Crippen molar-refractivity contribution >= 4 is 34.5 Å². The summed E-state index contributed by atoms with van der Waals surface area (Å²) in [4.78, 5) is 26.3. The molecule has 0 spiro atoms. The first-order chi connectivity index (χ1) is 9.49. The molecule has 1 unspecified atom stereocenters. The first kappa shape index (κ1) is 14.4. The Morgan fingerprint density at radius 3 is 2.90 bits per heavy atom. The number of nitro benzene ring substituents is 1. The van der Waals surface area contributed by atoms with E-state index in [1.54, 1.807) is 13.1 Å². The topological polar surface area (TPSA) is 85.1 Å². The number of nitrogens with zero attached hydrogens (tertiary/aromatic N) is 2. The number of nitro groups is 1. The Labute approximate surface area is 123 Å². The van der Waals surface area contributed by atoms with Crippen LogP contribution in [0.15, 0.2) is 29.8 Å². The zero-order chi connectivity index (χ0) is 14.7. The SMILES string of the molecule is CC(NC(=O)c1ccc(Cl)c([N+](=O)[O-])c1)c1nccs1. The fourth-order valence-electron chi connectivity index (χ4n) is 1.58. The van der Waals surface area contributed by atoms with Crippen LogP contribution in [0.1, 0.15) is 28.3 Å². The van der Waals surface area contributed by atoms with Gasteiger partial charge in [0.2, 0.25) is 0 Å². The maximum Gasteiger partial charge on any atom is 0.288 e. The van der Waals surface area contributed by atoms with Gasteiger partial charge in [0.1, 0.15) is 10.0 Å². The molecule has 2 aromatic rings. The smallest absolute Gasteiger partial charge is 0.288 e. The monoisotopic (exact) mass is 311 g/mol. The van der Waals surface area contributed by atoms with Crippen LogP contribution in [0.5, 0.6) is 0 Å². The molecular weight excluding hydrogens is 302 g/mol. The van der Waals surface area contributed by atoms with E-state index in [0.717, 1.165) is 11.1 Å². The van der Waals surface area contributed by atoms with Gasteiger partial charge in [0.15, 0.2) is 0 Å². The van der Waals surface area contributed by atoms with E-state index >= 15 is 0 Å². The number of hydrogen-bond donors (Lipinski definition) is 1. The number of rotatable bonds is 4. The van der Waals surface area contributed by atoms with Gasteiger partial charge in [0, 0.05) is 23.2 Å². The number of nitrogens with one attached hydrogen (secondary N) is 1. The summed E-state index contributed by atoms with van der Waals surface area (Å²) >= 11 is 7.12. The zero-order valence-electron chi connectivity index (χ0n) is 10.4. The van der Waals surface area contributed by atoms with Crippen molar-refractivity contribution in [2.45, 2.75) is 13.0 Å². The van der Waals surface area contributed by atoms with Gasteiger partial charge in [0.05, 0.1) is 11.0 Å². The number of carbonyl (C=O) groups is 1. The van der Waals surface area contributed by atoms with Gasteiger partial charge in [-0.2, -0.15) is 0 Å². The minimum atomic E-state index is -0.622. The fraction of sp³-hybridized carbons (Fsp3) is 0.167. The normalized spacial score (nSPS) is 11.9. The summed E-state index contributed by atoms with van der Waals surface area (Å²) < 4.78 is 0. The highest BCUT2D eigenvalue weighted by atomic mass is 35.5. The van der Waals surface area contributed by atoms with E-state index in [2.05, 4.69) is 10.3 Å². The first-order valence-corrected chi connectivity index (χ1v) is 6.89. The summed E-state index contributed by atoms with van der Waals surface area (Å²) in [5.41, 5.74) is -0.106. The van der Waals surface area contributed by atoms with Crippen LogP contribution in [0.4, 0.5) is 5.69 Å². The van der Waals surface area contributed by atoms with Crippen molar-refractivity contribution in [3.8, 4) is 0 Å². The van der Waals surface area contributed by atoms with Crippen LogP contribution in [-0.2, 0) is 0 Å². The van der Waals surface area contributed by atoms with Crippen LogP contribution >= 0.6 is 22.9 Å². The molecule has 1 aromatic carbocycles. The molecule has 1 heterocycles. The summed E-state index contributed by atoms with van der Waals surface area (Å²) in [7, 11) is 0. The van der Waals surface area contributed by atoms with Crippen molar-refractivity contribution < 1.29 is 9.72 Å². The summed E-state index contributed by atoms with van der Waals surface area (Å²) in [6, 6.07) is 3.67. The van der Waals surface area contributed by atoms with Crippen LogP contribution in [0.25, 0.3) is 0 Å². The largest absolute Gasteiger partial charge is 0.343 e. The standard InChI is InChI=1S/C12H10ClN3O3S/c1-7(12-14-4-5-20-12)15-11(17)8-2-3-9(13)10(6-8)16(18)19/h2-7H,1H3,(H,15,17). The van der Waals surface area contributed by atoms with Gasteiger partial charge in [-0.3, -0.25) is 14.9 Å². The van der Waals surface area contributed by atoms with Crippen molar-refractivity contribution in [3.05, 3.63) is 55.5 Å². The second-order valence-corrected chi connectivity index (χ2v) is 5.32. The lowest BCUT2D eigenvalue weighted by molar-refractivity contribution is -0.384. The third-order valence-corrected chi connectivity index (χ3v) is 3.85. The van der Waals surface area contributed by atoms with E-state index in [9.17, 15) is 14.9 Å². The predicted octanol–water partition coefficient (Wildman–Crippen LogP) is 3.20. The van der Waals surface area contributed by atoms with Gasteiger partial charge in [-0.05, 0) is 19.1 Å². The number of aromatic nitrogens is 1. The van der Waals surface area contributed by atoms with Crippen molar-refractivity contribution in [2.24, 2.45) is 0 Å². The number of hydrogen-bond acceptors (Lipinski definition) is 5. The maximum absolute atomic E-state index is 12.0. The fourth-order valence-corrected chi connectivity index (χ4v) is 2.42. The summed E-state index contributed by atoms with van der Waals surface area (Å²) in [6.07, 6.45) is 1.65. The molecule has 0 aliphatic carbocycles. The minimum absolute atomic E-state index is 0.000443. The quantitative estimate of drug-likeness (QED) is 0.694. The highest BCUT2D eigenvalue weighted by Gasteiger charge is 2.18. The Kier molecular flexibility index (Phi) is 4.31. The summed E-state index contributed by atoms with van der Waals surface area (Å²) in [5, 5.41) is 16.1. The molecule has 1 atom stereocenters. The minimum Gasteiger partial charge on any atom is -0.343 e. The molecule has 0 radical (unpaired) electrons. The Morgan fingerprint density at radius 2 is 2.30 bits per heavy atom. The van der Waals surface area contributed by atoms with Crippen molar-refractivity contribution in [3.63, 3.8) is 0 Å². The summed E-state index contributed by atoms with van der Waals surface area (Å²) in [5.74, 6) is -0.410. The average molecular weight is 312 g/mol. The molecule has 1 aromatic heterocycles. The maximum atomic E-state index is 12.0. The Bertz CT molecular complexity index is 645. The van der Waals surface area contributed by atoms with Crippen molar-refractivity contribution in [1.29, 1.82) is 0 Å². The molecule has 1 N–H and O–H groups in total. The molecule has 6 nitrogen and oxygen atoms in total. The second-order valence-electron chi connectivity index (χ2n) is 3.99. The lowest BCUT2D eigenvalue weighted by atomic mass is 10.2. The van der Waals surface area contributed by atoms with Gasteiger partial charge in [-0.1, -0.05) is 11.6 Å². The van der Waals surface area contributed by atoms with E-state index in [-0.39, 0.29) is 22.3 Å². The molecule has 8 heteroatoms. The number of thiazole rings is 1. The van der Waals surface area contributed by atoms with E-state index in [1.165, 1.54) is 23.5 Å². The summed E-state index contributed by atoms with van der Waals surface area (Å²) in [6.45, 7) is 1.79. The molecule has 2 rings (SSSR count). The van der Waals surface area contributed by atoms with Gasteiger partial charge in [-0.15, -0.1) is 11.3 Å². The highest BCUT2D eigenvalue weighted by molar-refractivity contribution is 7.09. The lowest BCUT2D eigenvalue weighted by Crippen LogP contribution is -2.26.